The summed E-state index contributed by atoms with van der Waals surface area (Å²) in [7, 11) is -3.86. The van der Waals surface area contributed by atoms with Crippen molar-refractivity contribution in [1.29, 1.82) is 0 Å². The van der Waals surface area contributed by atoms with Gasteiger partial charge in [0.2, 0.25) is 0 Å². The molecule has 1 aliphatic rings. The Morgan fingerprint density at radius 3 is 2.00 bits per heavy atom. The van der Waals surface area contributed by atoms with E-state index in [1.807, 2.05) is 0 Å². The molecule has 0 saturated carbocycles. The van der Waals surface area contributed by atoms with Crippen LogP contribution in [0.5, 0.6) is 0 Å². The smallest absolute Gasteiger partial charge is 0.410 e. The predicted molar refractivity (Wildman–Crippen MR) is 140 cm³/mol. The molecule has 41 heavy (non-hydrogen) atoms. The summed E-state index contributed by atoms with van der Waals surface area (Å²) in [4.78, 5) is 46.4. The van der Waals surface area contributed by atoms with Gasteiger partial charge in [0.15, 0.2) is 0 Å². The molecule has 2 N–H and O–H groups in total. The first-order chi connectivity index (χ1) is 19.3. The average Bonchev–Trinajstić information content (AvgIpc) is 3.33. The lowest BCUT2D eigenvalue weighted by Crippen LogP contribution is -2.44. The molecule has 2 amide bonds. The molecule has 0 spiro atoms. The monoisotopic (exact) mass is 596 g/mol. The van der Waals surface area contributed by atoms with Crippen molar-refractivity contribution in [1.82, 2.24) is 10.2 Å². The van der Waals surface area contributed by atoms with Crippen LogP contribution in [0.2, 0.25) is 0 Å². The zero-order valence-corrected chi connectivity index (χ0v) is 22.6. The maximum atomic E-state index is 12.8. The van der Waals surface area contributed by atoms with Gasteiger partial charge in [-0.1, -0.05) is 0 Å². The van der Waals surface area contributed by atoms with Crippen molar-refractivity contribution in [2.75, 3.05) is 19.3 Å². The normalized spacial score (nSPS) is 17.5. The molecule has 0 aromatic heterocycles. The molecule has 0 aliphatic carbocycles. The lowest BCUT2D eigenvalue weighted by molar-refractivity contribution is -0.385. The Morgan fingerprint density at radius 2 is 1.51 bits per heavy atom. The summed E-state index contributed by atoms with van der Waals surface area (Å²) >= 11 is 0. The zero-order valence-electron chi connectivity index (χ0n) is 21.8. The van der Waals surface area contributed by atoms with Crippen molar-refractivity contribution in [2.24, 2.45) is 0 Å². The molecule has 16 nitrogen and oxygen atoms in total. The third-order valence-corrected chi connectivity index (χ3v) is 6.65. The van der Waals surface area contributed by atoms with Crippen molar-refractivity contribution in [2.45, 2.75) is 44.3 Å². The van der Waals surface area contributed by atoms with E-state index in [1.54, 1.807) is 0 Å². The maximum Gasteiger partial charge on any atom is 0.410 e. The molecule has 1 fully saturated rings. The van der Waals surface area contributed by atoms with Crippen LogP contribution in [0, 0.1) is 20.2 Å². The molecular formula is C24H28N4O12S. The number of hydrogen-bond acceptors (Lipinski definition) is 12. The van der Waals surface area contributed by atoms with Crippen molar-refractivity contribution in [3.63, 3.8) is 0 Å². The van der Waals surface area contributed by atoms with E-state index in [2.05, 4.69) is 5.32 Å². The molecule has 17 heteroatoms. The molecule has 0 unspecified atom stereocenters. The fourth-order valence-corrected chi connectivity index (χ4v) is 4.72. The predicted octanol–water partition coefficient (Wildman–Crippen LogP) is 2.24. The number of benzene rings is 2. The molecule has 0 radical (unpaired) electrons. The van der Waals surface area contributed by atoms with Crippen LogP contribution in [-0.4, -0.2) is 78.1 Å². The van der Waals surface area contributed by atoms with Crippen molar-refractivity contribution in [3.8, 4) is 0 Å². The number of nitrogens with one attached hydrogen (secondary N) is 1. The van der Waals surface area contributed by atoms with E-state index in [9.17, 15) is 43.3 Å². The second kappa shape index (κ2) is 13.8. The number of nitro groups is 2. The fraction of sp³-hybridized carbons (Fsp3) is 0.417. The molecule has 2 aromatic carbocycles. The van der Waals surface area contributed by atoms with Crippen LogP contribution in [0.4, 0.5) is 21.0 Å². The summed E-state index contributed by atoms with van der Waals surface area (Å²) in [5, 5.41) is 34.7. The first-order valence-electron chi connectivity index (χ1n) is 12.2. The third kappa shape index (κ3) is 9.66. The van der Waals surface area contributed by atoms with Crippen molar-refractivity contribution in [3.05, 3.63) is 79.9 Å². The summed E-state index contributed by atoms with van der Waals surface area (Å²) in [6, 6.07) is 9.89. The number of alkyl carbamates (subject to hydrolysis) is 1. The van der Waals surface area contributed by atoms with Crippen LogP contribution in [0.1, 0.15) is 24.0 Å². The topological polar surface area (TPSA) is 218 Å². The van der Waals surface area contributed by atoms with Crippen LogP contribution in [0.25, 0.3) is 0 Å². The number of nitro benzene ring substituents is 2. The largest absolute Gasteiger partial charge is 0.445 e. The highest BCUT2D eigenvalue weighted by Crippen LogP contribution is 2.26. The van der Waals surface area contributed by atoms with Gasteiger partial charge in [0.25, 0.3) is 21.5 Å². The molecule has 3 atom stereocenters. The van der Waals surface area contributed by atoms with Crippen molar-refractivity contribution >= 4 is 33.7 Å². The van der Waals surface area contributed by atoms with Crippen LogP contribution >= 0.6 is 0 Å². The Morgan fingerprint density at radius 1 is 1.00 bits per heavy atom. The number of rotatable bonds is 12. The van der Waals surface area contributed by atoms with E-state index in [0.29, 0.717) is 11.1 Å². The Hall–Kier alpha value is -4.35. The summed E-state index contributed by atoms with van der Waals surface area (Å²) in [6.07, 6.45) is -3.00. The molecule has 1 saturated heterocycles. The highest BCUT2D eigenvalue weighted by molar-refractivity contribution is 7.86. The lowest BCUT2D eigenvalue weighted by atomic mass is 10.0. The zero-order chi connectivity index (χ0) is 30.2. The molecule has 3 rings (SSSR count). The number of nitrogens with zero attached hydrogens (tertiary/aromatic N) is 3. The van der Waals surface area contributed by atoms with Gasteiger partial charge >= 0.3 is 12.2 Å². The number of non-ortho nitro benzene ring substituents is 2. The number of carbonyl (C=O) groups is 2. The minimum absolute atomic E-state index is 0.0224. The Kier molecular flexibility index (Phi) is 10.5. The summed E-state index contributed by atoms with van der Waals surface area (Å²) < 4.78 is 38.6. The van der Waals surface area contributed by atoms with Gasteiger partial charge in [-0.05, 0) is 48.2 Å². The summed E-state index contributed by atoms with van der Waals surface area (Å²) in [5.74, 6) is 0. The molecule has 0 bridgehead atoms. The second-order valence-electron chi connectivity index (χ2n) is 9.14. The Balaban J connectivity index is 1.52. The van der Waals surface area contributed by atoms with Gasteiger partial charge in [0.05, 0.1) is 40.9 Å². The number of carbonyl (C=O) groups excluding carboxylic acids is 2. The van der Waals surface area contributed by atoms with E-state index in [-0.39, 0.29) is 50.5 Å². The fourth-order valence-electron chi connectivity index (χ4n) is 4.09. The van der Waals surface area contributed by atoms with E-state index in [4.69, 9.17) is 13.7 Å². The van der Waals surface area contributed by atoms with Gasteiger partial charge in [-0.2, -0.15) is 8.42 Å². The maximum absolute atomic E-state index is 12.8. The number of ether oxygens (including phenoxy) is 2. The Bertz CT molecular complexity index is 1350. The van der Waals surface area contributed by atoms with Gasteiger partial charge in [0.1, 0.15) is 13.2 Å². The highest BCUT2D eigenvalue weighted by atomic mass is 32.2. The second-order valence-corrected chi connectivity index (χ2v) is 10.7. The first kappa shape index (κ1) is 31.2. The van der Waals surface area contributed by atoms with Gasteiger partial charge in [0, 0.05) is 30.8 Å². The quantitative estimate of drug-likeness (QED) is 0.205. The average molecular weight is 597 g/mol. The minimum Gasteiger partial charge on any atom is -0.445 e. The lowest BCUT2D eigenvalue weighted by Gasteiger charge is -2.27. The van der Waals surface area contributed by atoms with Gasteiger partial charge < -0.3 is 19.9 Å². The summed E-state index contributed by atoms with van der Waals surface area (Å²) in [5.41, 5.74) is 0.761. The Labute approximate surface area is 234 Å². The SMILES string of the molecule is CS(=O)(=O)O[C@@H]1C[C@@H]([C@H](O)CCNC(=O)OCc2ccc([N+](=O)[O-])cc2)N(C(=O)OCc2ccc([N+](=O)[O-])cc2)C1. The minimum atomic E-state index is -3.86. The number of amides is 2. The molecular weight excluding hydrogens is 568 g/mol. The molecule has 222 valence electrons. The third-order valence-electron chi connectivity index (χ3n) is 6.03. The molecule has 1 aliphatic heterocycles. The first-order valence-corrected chi connectivity index (χ1v) is 14.0. The van der Waals surface area contributed by atoms with Crippen molar-refractivity contribution < 1.29 is 46.6 Å². The number of aliphatic hydroxyl groups is 1. The number of hydrogen-bond donors (Lipinski definition) is 2. The number of likely N-dealkylation sites (tertiary alicyclic amines) is 1. The number of aliphatic hydroxyl groups excluding tert-OH is 1. The van der Waals surface area contributed by atoms with Crippen LogP contribution in [0.3, 0.4) is 0 Å². The molecule has 2 aromatic rings. The van der Waals surface area contributed by atoms with Crippen LogP contribution in [0.15, 0.2) is 48.5 Å². The molecule has 1 heterocycles. The van der Waals surface area contributed by atoms with E-state index in [0.717, 1.165) is 11.2 Å². The van der Waals surface area contributed by atoms with Gasteiger partial charge in [-0.15, -0.1) is 0 Å². The summed E-state index contributed by atoms with van der Waals surface area (Å²) in [6.45, 7) is -0.609. The van der Waals surface area contributed by atoms with E-state index in [1.165, 1.54) is 48.5 Å². The van der Waals surface area contributed by atoms with Crippen LogP contribution in [-0.2, 0) is 37.0 Å². The van der Waals surface area contributed by atoms with Gasteiger partial charge in [-0.3, -0.25) is 29.3 Å². The van der Waals surface area contributed by atoms with E-state index >= 15 is 0 Å². The highest BCUT2D eigenvalue weighted by Gasteiger charge is 2.41. The van der Waals surface area contributed by atoms with Gasteiger partial charge in [-0.25, -0.2) is 9.59 Å². The standard InChI is InChI=1S/C24H28N4O12S/c1-41(36,37)40-20-12-21(26(13-20)24(31)39-15-17-4-8-19(9-5-17)28(34)35)22(29)10-11-25-23(30)38-14-16-2-6-18(7-3-16)27(32)33/h2-9,20-22,29H,10-15H2,1H3,(H,25,30)/t20-,21+,22-/m1/s1. The van der Waals surface area contributed by atoms with Crippen LogP contribution < -0.4 is 5.32 Å². The van der Waals surface area contributed by atoms with E-state index < -0.39 is 50.4 Å².